The van der Waals surface area contributed by atoms with Gasteiger partial charge >= 0.3 is 0 Å². The summed E-state index contributed by atoms with van der Waals surface area (Å²) in [6.45, 7) is 0.773. The van der Waals surface area contributed by atoms with E-state index in [-0.39, 0.29) is 16.9 Å². The molecule has 96 valence electrons. The largest absolute Gasteiger partial charge is 0.389 e. The summed E-state index contributed by atoms with van der Waals surface area (Å²) in [6, 6.07) is 5.14. The number of nitrogens with one attached hydrogen (secondary N) is 1. The highest BCUT2D eigenvalue weighted by molar-refractivity contribution is 7.80. The molecule has 0 saturated carbocycles. The maximum Gasteiger partial charge on any atom is 0.244 e. The first kappa shape index (κ1) is 13.1. The molecule has 1 aliphatic rings. The predicted octanol–water partition coefficient (Wildman–Crippen LogP) is 1.62. The van der Waals surface area contributed by atoms with Gasteiger partial charge in [-0.3, -0.25) is 4.79 Å². The van der Waals surface area contributed by atoms with Crippen LogP contribution in [0.25, 0.3) is 0 Å². The van der Waals surface area contributed by atoms with E-state index in [2.05, 4.69) is 5.32 Å². The van der Waals surface area contributed by atoms with Crippen LogP contribution in [0.15, 0.2) is 18.2 Å². The minimum absolute atomic E-state index is 0.101. The fourth-order valence-electron chi connectivity index (χ4n) is 1.96. The lowest BCUT2D eigenvalue weighted by Crippen LogP contribution is -2.30. The zero-order valence-corrected chi connectivity index (χ0v) is 11.5. The molecule has 1 aromatic carbocycles. The van der Waals surface area contributed by atoms with Gasteiger partial charge < -0.3 is 16.0 Å². The van der Waals surface area contributed by atoms with Crippen LogP contribution in [-0.4, -0.2) is 35.4 Å². The number of carbonyl (C=O) groups is 1. The Hall–Kier alpha value is -1.33. The van der Waals surface area contributed by atoms with Crippen molar-refractivity contribution in [2.75, 3.05) is 18.9 Å². The fourth-order valence-corrected chi connectivity index (χ4v) is 2.48. The topological polar surface area (TPSA) is 58.4 Å². The molecular formula is C12H14ClN3OS. The number of likely N-dealkylation sites (tertiary alicyclic amines) is 1. The Balaban J connectivity index is 2.14. The maximum absolute atomic E-state index is 11.8. The first-order valence-electron chi connectivity index (χ1n) is 5.60. The van der Waals surface area contributed by atoms with Crippen LogP contribution in [0.1, 0.15) is 12.0 Å². The molecule has 3 N–H and O–H groups in total. The molecule has 0 aromatic heterocycles. The lowest BCUT2D eigenvalue weighted by Gasteiger charge is -2.14. The lowest BCUT2D eigenvalue weighted by molar-refractivity contribution is -0.127. The molecule has 1 unspecified atom stereocenters. The summed E-state index contributed by atoms with van der Waals surface area (Å²) >= 11 is 11.0. The highest BCUT2D eigenvalue weighted by Crippen LogP contribution is 2.23. The molecule has 1 atom stereocenters. The van der Waals surface area contributed by atoms with Crippen LogP contribution < -0.4 is 11.1 Å². The van der Waals surface area contributed by atoms with Crippen molar-refractivity contribution >= 4 is 40.4 Å². The quantitative estimate of drug-likeness (QED) is 0.828. The van der Waals surface area contributed by atoms with Gasteiger partial charge in [0.25, 0.3) is 0 Å². The summed E-state index contributed by atoms with van der Waals surface area (Å²) in [7, 11) is 1.80. The van der Waals surface area contributed by atoms with E-state index in [4.69, 9.17) is 29.6 Å². The Kier molecular flexibility index (Phi) is 3.73. The molecule has 18 heavy (non-hydrogen) atoms. The molecule has 1 heterocycles. The molecule has 6 heteroatoms. The molecule has 1 amide bonds. The van der Waals surface area contributed by atoms with E-state index >= 15 is 0 Å². The number of benzene rings is 1. The van der Waals surface area contributed by atoms with Gasteiger partial charge in [0.2, 0.25) is 5.91 Å². The van der Waals surface area contributed by atoms with Gasteiger partial charge in [-0.2, -0.15) is 0 Å². The van der Waals surface area contributed by atoms with Crippen LogP contribution >= 0.6 is 23.8 Å². The second kappa shape index (κ2) is 5.12. The van der Waals surface area contributed by atoms with Gasteiger partial charge in [0.15, 0.2) is 0 Å². The fraction of sp³-hybridized carbons (Fsp3) is 0.333. The third kappa shape index (κ3) is 2.57. The van der Waals surface area contributed by atoms with Gasteiger partial charge in [0.05, 0.1) is 5.02 Å². The van der Waals surface area contributed by atoms with E-state index in [9.17, 15) is 4.79 Å². The van der Waals surface area contributed by atoms with Crippen LogP contribution in [0.4, 0.5) is 5.69 Å². The number of hydrogen-bond acceptors (Lipinski definition) is 3. The van der Waals surface area contributed by atoms with Crippen molar-refractivity contribution < 1.29 is 4.79 Å². The van der Waals surface area contributed by atoms with Crippen LogP contribution in [0.3, 0.4) is 0 Å². The molecule has 1 fully saturated rings. The number of carbonyl (C=O) groups excluding carboxylic acids is 1. The summed E-state index contributed by atoms with van der Waals surface area (Å²) in [5.41, 5.74) is 6.98. The van der Waals surface area contributed by atoms with E-state index < -0.39 is 0 Å². The minimum Gasteiger partial charge on any atom is -0.389 e. The molecule has 1 aliphatic heterocycles. The number of likely N-dealkylation sites (N-methyl/N-ethyl adjacent to an activating group) is 1. The summed E-state index contributed by atoms with van der Waals surface area (Å²) in [4.78, 5) is 13.7. The number of rotatable bonds is 3. The Morgan fingerprint density at radius 1 is 1.61 bits per heavy atom. The third-order valence-corrected chi connectivity index (χ3v) is 3.54. The number of thiocarbonyl (C=S) groups is 1. The Morgan fingerprint density at radius 2 is 2.33 bits per heavy atom. The summed E-state index contributed by atoms with van der Waals surface area (Å²) in [6.07, 6.45) is 0.796. The first-order chi connectivity index (χ1) is 8.49. The third-order valence-electron chi connectivity index (χ3n) is 3.00. The standard InChI is InChI=1S/C12H14ClN3OS/c1-16-5-4-10(12(16)17)15-7-2-3-8(11(14)18)9(13)6-7/h2-3,6,10,15H,4-5H2,1H3,(H2,14,18). The molecule has 4 nitrogen and oxygen atoms in total. The Labute approximate surface area is 116 Å². The van der Waals surface area contributed by atoms with Crippen molar-refractivity contribution in [2.24, 2.45) is 5.73 Å². The highest BCUT2D eigenvalue weighted by Gasteiger charge is 2.28. The number of halogens is 1. The van der Waals surface area contributed by atoms with E-state index in [1.807, 2.05) is 6.07 Å². The molecular weight excluding hydrogens is 270 g/mol. The first-order valence-corrected chi connectivity index (χ1v) is 6.38. The molecule has 0 radical (unpaired) electrons. The van der Waals surface area contributed by atoms with Gasteiger partial charge in [0.1, 0.15) is 11.0 Å². The van der Waals surface area contributed by atoms with Crippen LogP contribution in [0, 0.1) is 0 Å². The molecule has 2 rings (SSSR count). The average molecular weight is 284 g/mol. The van der Waals surface area contributed by atoms with Gasteiger partial charge in [-0.25, -0.2) is 0 Å². The number of anilines is 1. The van der Waals surface area contributed by atoms with Crippen LogP contribution in [-0.2, 0) is 4.79 Å². The minimum atomic E-state index is -0.179. The zero-order chi connectivity index (χ0) is 13.3. The average Bonchev–Trinajstić information content (AvgIpc) is 2.61. The maximum atomic E-state index is 11.8. The van der Waals surface area contributed by atoms with Gasteiger partial charge in [-0.1, -0.05) is 23.8 Å². The molecule has 0 aliphatic carbocycles. The van der Waals surface area contributed by atoms with Gasteiger partial charge in [-0.05, 0) is 24.6 Å². The van der Waals surface area contributed by atoms with E-state index in [0.717, 1.165) is 18.7 Å². The van der Waals surface area contributed by atoms with Crippen molar-refractivity contribution in [3.63, 3.8) is 0 Å². The smallest absolute Gasteiger partial charge is 0.244 e. The van der Waals surface area contributed by atoms with Crippen molar-refractivity contribution in [1.82, 2.24) is 4.90 Å². The van der Waals surface area contributed by atoms with E-state index in [1.165, 1.54) is 0 Å². The Morgan fingerprint density at radius 3 is 2.83 bits per heavy atom. The number of nitrogens with zero attached hydrogens (tertiary/aromatic N) is 1. The number of nitrogens with two attached hydrogens (primary N) is 1. The van der Waals surface area contributed by atoms with Crippen LogP contribution in [0.5, 0.6) is 0 Å². The van der Waals surface area contributed by atoms with E-state index in [0.29, 0.717) is 10.6 Å². The van der Waals surface area contributed by atoms with Crippen molar-refractivity contribution in [3.8, 4) is 0 Å². The number of amides is 1. The van der Waals surface area contributed by atoms with Crippen molar-refractivity contribution in [2.45, 2.75) is 12.5 Å². The highest BCUT2D eigenvalue weighted by atomic mass is 35.5. The summed E-state index contributed by atoms with van der Waals surface area (Å²) in [5.74, 6) is 0.101. The molecule has 0 spiro atoms. The van der Waals surface area contributed by atoms with Gasteiger partial charge in [0, 0.05) is 24.8 Å². The SMILES string of the molecule is CN1CCC(Nc2ccc(C(N)=S)c(Cl)c2)C1=O. The summed E-state index contributed by atoms with van der Waals surface area (Å²) < 4.78 is 0. The summed E-state index contributed by atoms with van der Waals surface area (Å²) in [5, 5.41) is 3.66. The van der Waals surface area contributed by atoms with Gasteiger partial charge in [-0.15, -0.1) is 0 Å². The monoisotopic (exact) mass is 283 g/mol. The van der Waals surface area contributed by atoms with Crippen molar-refractivity contribution in [1.29, 1.82) is 0 Å². The second-order valence-electron chi connectivity index (χ2n) is 4.30. The Bertz CT molecular complexity index is 506. The van der Waals surface area contributed by atoms with E-state index in [1.54, 1.807) is 24.1 Å². The molecule has 1 aromatic rings. The number of hydrogen-bond donors (Lipinski definition) is 2. The zero-order valence-electron chi connectivity index (χ0n) is 9.94. The molecule has 1 saturated heterocycles. The van der Waals surface area contributed by atoms with Crippen molar-refractivity contribution in [3.05, 3.63) is 28.8 Å². The second-order valence-corrected chi connectivity index (χ2v) is 5.15. The molecule has 0 bridgehead atoms. The van der Waals surface area contributed by atoms with Crippen LogP contribution in [0.2, 0.25) is 5.02 Å². The predicted molar refractivity (Wildman–Crippen MR) is 77.0 cm³/mol. The normalized spacial score (nSPS) is 19.1. The lowest BCUT2D eigenvalue weighted by atomic mass is 10.1.